The molecule has 20 heavy (non-hydrogen) atoms. The zero-order chi connectivity index (χ0) is 15.0. The molecule has 0 amide bonds. The standard InChI is InChI=1S/C15H22BrNO2S/c1-15(2)9-5-8-13(14(15)17-3)20(18,19)12-7-4-6-11(16)10-12/h4,6-7,10,13-14,17H,5,8-9H2,1-3H3. The molecule has 0 aliphatic heterocycles. The number of halogens is 1. The number of benzene rings is 1. The summed E-state index contributed by atoms with van der Waals surface area (Å²) in [6.45, 7) is 4.30. The van der Waals surface area contributed by atoms with Gasteiger partial charge in [-0.3, -0.25) is 0 Å². The van der Waals surface area contributed by atoms with Gasteiger partial charge in [0.2, 0.25) is 0 Å². The van der Waals surface area contributed by atoms with Gasteiger partial charge < -0.3 is 5.32 Å². The highest BCUT2D eigenvalue weighted by molar-refractivity contribution is 9.10. The third-order valence-electron chi connectivity index (χ3n) is 4.36. The van der Waals surface area contributed by atoms with Gasteiger partial charge in [0.1, 0.15) is 0 Å². The first kappa shape index (κ1) is 16.0. The second-order valence-electron chi connectivity index (χ2n) is 6.19. The summed E-state index contributed by atoms with van der Waals surface area (Å²) in [5, 5.41) is 2.89. The van der Waals surface area contributed by atoms with E-state index in [0.717, 1.165) is 23.7 Å². The Bertz CT molecular complexity index is 583. The maximum Gasteiger partial charge on any atom is 0.182 e. The molecular formula is C15H22BrNO2S. The highest BCUT2D eigenvalue weighted by Gasteiger charge is 2.44. The van der Waals surface area contributed by atoms with Crippen molar-refractivity contribution >= 4 is 25.8 Å². The van der Waals surface area contributed by atoms with E-state index in [2.05, 4.69) is 35.1 Å². The van der Waals surface area contributed by atoms with Crippen molar-refractivity contribution in [2.75, 3.05) is 7.05 Å². The molecule has 1 saturated carbocycles. The molecule has 0 heterocycles. The molecule has 0 saturated heterocycles. The fourth-order valence-corrected chi connectivity index (χ4v) is 6.11. The van der Waals surface area contributed by atoms with Gasteiger partial charge in [0.25, 0.3) is 0 Å². The van der Waals surface area contributed by atoms with E-state index in [0.29, 0.717) is 4.90 Å². The second-order valence-corrected chi connectivity index (χ2v) is 9.27. The van der Waals surface area contributed by atoms with Gasteiger partial charge in [-0.15, -0.1) is 0 Å². The van der Waals surface area contributed by atoms with Crippen molar-refractivity contribution in [3.05, 3.63) is 28.7 Å². The fourth-order valence-electron chi connectivity index (χ4n) is 3.31. The van der Waals surface area contributed by atoms with Crippen molar-refractivity contribution in [1.29, 1.82) is 0 Å². The lowest BCUT2D eigenvalue weighted by atomic mass is 9.73. The summed E-state index contributed by atoms with van der Waals surface area (Å²) in [5.41, 5.74) is -0.00323. The average molecular weight is 360 g/mol. The molecule has 0 aromatic heterocycles. The van der Waals surface area contributed by atoms with Crippen LogP contribution in [0, 0.1) is 5.41 Å². The Balaban J connectivity index is 2.42. The normalized spacial score (nSPS) is 26.4. The molecule has 2 rings (SSSR count). The lowest BCUT2D eigenvalue weighted by Gasteiger charge is -2.43. The Hall–Kier alpha value is -0.390. The molecule has 5 heteroatoms. The molecule has 112 valence electrons. The molecule has 1 fully saturated rings. The Morgan fingerprint density at radius 3 is 2.65 bits per heavy atom. The zero-order valence-electron chi connectivity index (χ0n) is 12.2. The van der Waals surface area contributed by atoms with Crippen LogP contribution in [0.4, 0.5) is 0 Å². The molecular weight excluding hydrogens is 338 g/mol. The molecule has 0 radical (unpaired) electrons. The van der Waals surface area contributed by atoms with Crippen molar-refractivity contribution in [3.63, 3.8) is 0 Å². The van der Waals surface area contributed by atoms with E-state index in [9.17, 15) is 8.42 Å². The molecule has 2 unspecified atom stereocenters. The van der Waals surface area contributed by atoms with Gasteiger partial charge in [-0.1, -0.05) is 42.3 Å². The third-order valence-corrected chi connectivity index (χ3v) is 7.07. The molecule has 1 N–H and O–H groups in total. The van der Waals surface area contributed by atoms with Crippen molar-refractivity contribution < 1.29 is 8.42 Å². The van der Waals surface area contributed by atoms with Gasteiger partial charge in [0, 0.05) is 10.5 Å². The molecule has 0 spiro atoms. The van der Waals surface area contributed by atoms with Crippen LogP contribution in [0.5, 0.6) is 0 Å². The van der Waals surface area contributed by atoms with Gasteiger partial charge in [0.15, 0.2) is 9.84 Å². The lowest BCUT2D eigenvalue weighted by Crippen LogP contribution is -2.54. The predicted molar refractivity (Wildman–Crippen MR) is 85.6 cm³/mol. The van der Waals surface area contributed by atoms with Crippen LogP contribution in [0.1, 0.15) is 33.1 Å². The summed E-state index contributed by atoms with van der Waals surface area (Å²) < 4.78 is 26.7. The Labute approximate surface area is 130 Å². The van der Waals surface area contributed by atoms with Crippen LogP contribution in [0.15, 0.2) is 33.6 Å². The van der Waals surface area contributed by atoms with Crippen LogP contribution in [-0.4, -0.2) is 26.8 Å². The highest BCUT2D eigenvalue weighted by atomic mass is 79.9. The second kappa shape index (κ2) is 5.78. The monoisotopic (exact) mass is 359 g/mol. The maximum atomic E-state index is 12.9. The smallest absolute Gasteiger partial charge is 0.182 e. The van der Waals surface area contributed by atoms with E-state index in [1.807, 2.05) is 13.1 Å². The number of nitrogens with one attached hydrogen (secondary N) is 1. The largest absolute Gasteiger partial charge is 0.315 e. The molecule has 1 aromatic carbocycles. The number of hydrogen-bond acceptors (Lipinski definition) is 3. The quantitative estimate of drug-likeness (QED) is 0.899. The van der Waals surface area contributed by atoms with Crippen LogP contribution in [0.3, 0.4) is 0 Å². The van der Waals surface area contributed by atoms with Crippen LogP contribution >= 0.6 is 15.9 Å². The SMILES string of the molecule is CNC1C(S(=O)(=O)c2cccc(Br)c2)CCCC1(C)C. The van der Waals surface area contributed by atoms with Crippen LogP contribution in [0.2, 0.25) is 0 Å². The summed E-state index contributed by atoms with van der Waals surface area (Å²) in [4.78, 5) is 0.412. The maximum absolute atomic E-state index is 12.9. The van der Waals surface area contributed by atoms with Gasteiger partial charge in [-0.25, -0.2) is 8.42 Å². The van der Waals surface area contributed by atoms with Crippen LogP contribution in [0.25, 0.3) is 0 Å². The van der Waals surface area contributed by atoms with Gasteiger partial charge in [0.05, 0.1) is 10.1 Å². The molecule has 1 aliphatic rings. The zero-order valence-corrected chi connectivity index (χ0v) is 14.6. The van der Waals surface area contributed by atoms with Gasteiger partial charge in [-0.05, 0) is 43.5 Å². The molecule has 3 nitrogen and oxygen atoms in total. The number of hydrogen-bond donors (Lipinski definition) is 1. The van der Waals surface area contributed by atoms with E-state index < -0.39 is 9.84 Å². The average Bonchev–Trinajstić information content (AvgIpc) is 2.37. The minimum Gasteiger partial charge on any atom is -0.315 e. The van der Waals surface area contributed by atoms with Gasteiger partial charge in [-0.2, -0.15) is 0 Å². The summed E-state index contributed by atoms with van der Waals surface area (Å²) in [7, 11) is -1.45. The molecule has 0 bridgehead atoms. The van der Waals surface area contributed by atoms with E-state index in [1.165, 1.54) is 0 Å². The van der Waals surface area contributed by atoms with Crippen LogP contribution < -0.4 is 5.32 Å². The number of sulfone groups is 1. The first-order chi connectivity index (χ1) is 9.29. The van der Waals surface area contributed by atoms with E-state index in [4.69, 9.17) is 0 Å². The van der Waals surface area contributed by atoms with Crippen LogP contribution in [-0.2, 0) is 9.84 Å². The van der Waals surface area contributed by atoms with Gasteiger partial charge >= 0.3 is 0 Å². The fraction of sp³-hybridized carbons (Fsp3) is 0.600. The summed E-state index contributed by atoms with van der Waals surface area (Å²) in [6.07, 6.45) is 2.75. The molecule has 2 atom stereocenters. The number of rotatable bonds is 3. The molecule has 1 aliphatic carbocycles. The Kier molecular flexibility index (Phi) is 4.62. The van der Waals surface area contributed by atoms with Crippen molar-refractivity contribution in [1.82, 2.24) is 5.32 Å². The van der Waals surface area contributed by atoms with Crippen molar-refractivity contribution in [2.45, 2.75) is 49.3 Å². The van der Waals surface area contributed by atoms with E-state index in [1.54, 1.807) is 18.2 Å². The Morgan fingerprint density at radius 1 is 1.35 bits per heavy atom. The van der Waals surface area contributed by atoms with Crippen molar-refractivity contribution in [3.8, 4) is 0 Å². The topological polar surface area (TPSA) is 46.2 Å². The highest BCUT2D eigenvalue weighted by Crippen LogP contribution is 2.40. The minimum atomic E-state index is -3.31. The minimum absolute atomic E-state index is 0.00323. The summed E-state index contributed by atoms with van der Waals surface area (Å²) >= 11 is 3.35. The molecule has 1 aromatic rings. The third kappa shape index (κ3) is 2.95. The van der Waals surface area contributed by atoms with E-state index in [-0.39, 0.29) is 16.7 Å². The first-order valence-corrected chi connectivity index (χ1v) is 9.30. The first-order valence-electron chi connectivity index (χ1n) is 6.96. The summed E-state index contributed by atoms with van der Waals surface area (Å²) in [6, 6.07) is 7.00. The van der Waals surface area contributed by atoms with Crippen molar-refractivity contribution in [2.24, 2.45) is 5.41 Å². The summed E-state index contributed by atoms with van der Waals surface area (Å²) in [5.74, 6) is 0. The Morgan fingerprint density at radius 2 is 2.05 bits per heavy atom. The predicted octanol–water partition coefficient (Wildman–Crippen LogP) is 3.39. The van der Waals surface area contributed by atoms with E-state index >= 15 is 0 Å². The lowest BCUT2D eigenvalue weighted by molar-refractivity contribution is 0.178.